The number of carbonyl (C=O) groups is 2. The minimum Gasteiger partial charge on any atom is -0.383 e. The predicted molar refractivity (Wildman–Crippen MR) is 133 cm³/mol. The molecule has 3 heterocycles. The lowest BCUT2D eigenvalue weighted by Crippen LogP contribution is -2.48. The summed E-state index contributed by atoms with van der Waals surface area (Å²) in [5.41, 5.74) is 10.0. The molecule has 7 nitrogen and oxygen atoms in total. The van der Waals surface area contributed by atoms with Crippen molar-refractivity contribution >= 4 is 39.3 Å². The number of aromatic nitrogens is 2. The van der Waals surface area contributed by atoms with Crippen molar-refractivity contribution < 1.29 is 9.59 Å². The Morgan fingerprint density at radius 2 is 1.91 bits per heavy atom. The van der Waals surface area contributed by atoms with Gasteiger partial charge in [0, 0.05) is 35.8 Å². The molecule has 5 rings (SSSR count). The molecule has 7 heteroatoms. The average Bonchev–Trinajstić information content (AvgIpc) is 2.84. The van der Waals surface area contributed by atoms with Gasteiger partial charge in [-0.15, -0.1) is 0 Å². The van der Waals surface area contributed by atoms with Gasteiger partial charge in [-0.25, -0.2) is 4.98 Å². The lowest BCUT2D eigenvalue weighted by molar-refractivity contribution is -0.137. The van der Waals surface area contributed by atoms with Crippen molar-refractivity contribution in [2.24, 2.45) is 11.8 Å². The second-order valence-corrected chi connectivity index (χ2v) is 9.05. The normalized spacial score (nSPS) is 18.1. The number of hydrogen-bond donors (Lipinski definition) is 3. The number of fused-ring (bicyclic) bond motifs is 2. The molecule has 1 saturated heterocycles. The highest BCUT2D eigenvalue weighted by molar-refractivity contribution is 6.00. The van der Waals surface area contributed by atoms with Crippen molar-refractivity contribution in [3.05, 3.63) is 77.6 Å². The highest BCUT2D eigenvalue weighted by atomic mass is 16.2. The van der Waals surface area contributed by atoms with Crippen molar-refractivity contribution in [2.75, 3.05) is 12.3 Å². The first-order valence-corrected chi connectivity index (χ1v) is 11.5. The molecule has 0 radical (unpaired) electrons. The smallest absolute Gasteiger partial charge is 0.232 e. The van der Waals surface area contributed by atoms with E-state index in [1.807, 2.05) is 43.3 Å². The number of nitrogens with one attached hydrogen (secondary N) is 2. The summed E-state index contributed by atoms with van der Waals surface area (Å²) in [5, 5.41) is 8.81. The molecule has 4 N–H and O–H groups in total. The van der Waals surface area contributed by atoms with E-state index in [0.29, 0.717) is 25.3 Å². The van der Waals surface area contributed by atoms with Gasteiger partial charge < -0.3 is 16.4 Å². The first kappa shape index (κ1) is 21.8. The van der Waals surface area contributed by atoms with Gasteiger partial charge in [-0.2, -0.15) is 0 Å². The quantitative estimate of drug-likeness (QED) is 0.402. The van der Waals surface area contributed by atoms with Crippen LogP contribution in [0.3, 0.4) is 0 Å². The van der Waals surface area contributed by atoms with Crippen molar-refractivity contribution in [2.45, 2.75) is 26.3 Å². The van der Waals surface area contributed by atoms with E-state index >= 15 is 0 Å². The van der Waals surface area contributed by atoms with Gasteiger partial charge in [-0.05, 0) is 72.5 Å². The maximum Gasteiger partial charge on any atom is 0.232 e. The molecule has 34 heavy (non-hydrogen) atoms. The number of nitrogens with two attached hydrogens (primary N) is 1. The van der Waals surface area contributed by atoms with Gasteiger partial charge in [-0.1, -0.05) is 24.3 Å². The number of amides is 2. The number of hydrogen-bond acceptors (Lipinski definition) is 5. The second kappa shape index (κ2) is 9.09. The number of anilines is 1. The van der Waals surface area contributed by atoms with Gasteiger partial charge in [0.2, 0.25) is 11.8 Å². The molecule has 2 atom stereocenters. The largest absolute Gasteiger partial charge is 0.383 e. The summed E-state index contributed by atoms with van der Waals surface area (Å²) in [7, 11) is 0. The molecule has 4 aromatic rings. The number of pyridine rings is 2. The zero-order valence-corrected chi connectivity index (χ0v) is 19.0. The fraction of sp³-hybridized carbons (Fsp3) is 0.259. The van der Waals surface area contributed by atoms with Crippen molar-refractivity contribution in [1.82, 2.24) is 20.6 Å². The van der Waals surface area contributed by atoms with Crippen LogP contribution in [0.2, 0.25) is 0 Å². The Hall–Kier alpha value is -4.00. The Balaban J connectivity index is 1.23. The van der Waals surface area contributed by atoms with Crippen LogP contribution in [0.5, 0.6) is 0 Å². The van der Waals surface area contributed by atoms with E-state index < -0.39 is 5.92 Å². The Bertz CT molecular complexity index is 1400. The molecule has 1 aliphatic heterocycles. The van der Waals surface area contributed by atoms with Crippen molar-refractivity contribution in [3.63, 3.8) is 0 Å². The van der Waals surface area contributed by atoms with Gasteiger partial charge in [0.15, 0.2) is 0 Å². The molecule has 0 aliphatic carbocycles. The molecule has 2 aromatic heterocycles. The van der Waals surface area contributed by atoms with E-state index in [1.54, 1.807) is 6.20 Å². The van der Waals surface area contributed by atoms with Gasteiger partial charge in [-0.3, -0.25) is 14.6 Å². The third kappa shape index (κ3) is 4.55. The molecule has 0 bridgehead atoms. The molecular weight excluding hydrogens is 426 g/mol. The SMILES string of the molecule is Cc1ccc2cc(CC3CNC(=O)C(C(=O)NCc4ccc5c(N)nccc5c4)C3)ccc2n1. The summed E-state index contributed by atoms with van der Waals surface area (Å²) in [6, 6.07) is 18.1. The minimum atomic E-state index is -0.691. The van der Waals surface area contributed by atoms with Crippen LogP contribution in [0, 0.1) is 18.8 Å². The summed E-state index contributed by atoms with van der Waals surface area (Å²) in [6.07, 6.45) is 3.00. The van der Waals surface area contributed by atoms with E-state index in [9.17, 15) is 9.59 Å². The molecule has 2 aromatic carbocycles. The number of benzene rings is 2. The van der Waals surface area contributed by atoms with Crippen LogP contribution in [0.4, 0.5) is 5.82 Å². The van der Waals surface area contributed by atoms with Gasteiger partial charge >= 0.3 is 0 Å². The van der Waals surface area contributed by atoms with Crippen LogP contribution >= 0.6 is 0 Å². The third-order valence-corrected chi connectivity index (χ3v) is 6.51. The molecule has 2 unspecified atom stereocenters. The van der Waals surface area contributed by atoms with Crippen LogP contribution in [-0.2, 0) is 22.6 Å². The lowest BCUT2D eigenvalue weighted by atomic mass is 9.85. The molecule has 2 amide bonds. The summed E-state index contributed by atoms with van der Waals surface area (Å²) in [5.74, 6) is -0.459. The van der Waals surface area contributed by atoms with Gasteiger partial charge in [0.25, 0.3) is 0 Å². The van der Waals surface area contributed by atoms with Crippen LogP contribution in [0.15, 0.2) is 60.8 Å². The van der Waals surface area contributed by atoms with Crippen LogP contribution in [0.25, 0.3) is 21.7 Å². The van der Waals surface area contributed by atoms with Crippen LogP contribution < -0.4 is 16.4 Å². The first-order valence-electron chi connectivity index (χ1n) is 11.5. The van der Waals surface area contributed by atoms with Crippen molar-refractivity contribution in [3.8, 4) is 0 Å². The number of nitrogens with zero attached hydrogens (tertiary/aromatic N) is 2. The highest BCUT2D eigenvalue weighted by Crippen LogP contribution is 2.24. The average molecular weight is 454 g/mol. The minimum absolute atomic E-state index is 0.195. The zero-order chi connectivity index (χ0) is 23.7. The second-order valence-electron chi connectivity index (χ2n) is 9.05. The molecule has 1 aliphatic rings. The Morgan fingerprint density at radius 3 is 2.79 bits per heavy atom. The lowest BCUT2D eigenvalue weighted by Gasteiger charge is -2.28. The maximum atomic E-state index is 12.9. The summed E-state index contributed by atoms with van der Waals surface area (Å²) in [4.78, 5) is 34.0. The Morgan fingerprint density at radius 1 is 1.09 bits per heavy atom. The zero-order valence-electron chi connectivity index (χ0n) is 19.0. The summed E-state index contributed by atoms with van der Waals surface area (Å²) >= 11 is 0. The monoisotopic (exact) mass is 453 g/mol. The van der Waals surface area contributed by atoms with Gasteiger partial charge in [0.05, 0.1) is 5.52 Å². The molecular formula is C27H27N5O2. The fourth-order valence-corrected chi connectivity index (χ4v) is 4.68. The fourth-order valence-electron chi connectivity index (χ4n) is 4.68. The van der Waals surface area contributed by atoms with Crippen LogP contribution in [-0.4, -0.2) is 28.3 Å². The molecule has 172 valence electrons. The number of nitrogen functional groups attached to an aromatic ring is 1. The van der Waals surface area contributed by atoms with E-state index in [0.717, 1.165) is 39.4 Å². The van der Waals surface area contributed by atoms with Crippen LogP contribution in [0.1, 0.15) is 23.2 Å². The van der Waals surface area contributed by atoms with E-state index in [4.69, 9.17) is 5.73 Å². The third-order valence-electron chi connectivity index (χ3n) is 6.51. The number of rotatable bonds is 5. The topological polar surface area (TPSA) is 110 Å². The van der Waals surface area contributed by atoms with Gasteiger partial charge in [0.1, 0.15) is 11.7 Å². The summed E-state index contributed by atoms with van der Waals surface area (Å²) < 4.78 is 0. The maximum absolute atomic E-state index is 12.9. The number of aryl methyl sites for hydroxylation is 1. The molecule has 0 saturated carbocycles. The first-order chi connectivity index (χ1) is 16.5. The number of piperidine rings is 1. The standard InChI is InChI=1S/C27H27N5O2/c1-16-2-5-21-11-17(4-7-24(21)32-16)10-19-13-23(27(34)31-15-19)26(33)30-14-18-3-6-22-20(12-18)8-9-29-25(22)28/h2-9,11-12,19,23H,10,13-15H2,1H3,(H2,28,29)(H,30,33)(H,31,34). The molecule has 0 spiro atoms. The summed E-state index contributed by atoms with van der Waals surface area (Å²) in [6.45, 7) is 2.91. The molecule has 1 fully saturated rings. The highest BCUT2D eigenvalue weighted by Gasteiger charge is 2.33. The van der Waals surface area contributed by atoms with E-state index in [-0.39, 0.29) is 17.7 Å². The number of carbonyl (C=O) groups excluding carboxylic acids is 2. The Labute approximate surface area is 197 Å². The Kier molecular flexibility index (Phi) is 5.84. The van der Waals surface area contributed by atoms with Crippen molar-refractivity contribution in [1.29, 1.82) is 0 Å². The van der Waals surface area contributed by atoms with E-state index in [1.165, 1.54) is 5.56 Å². The predicted octanol–water partition coefficient (Wildman–Crippen LogP) is 3.28. The van der Waals surface area contributed by atoms with E-state index in [2.05, 4.69) is 38.8 Å².